The Morgan fingerprint density at radius 3 is 2.23 bits per heavy atom. The molecule has 1 atom stereocenters. The third-order valence-electron chi connectivity index (χ3n) is 6.11. The highest BCUT2D eigenvalue weighted by atomic mass is 32.2. The average Bonchev–Trinajstić information content (AvgIpc) is 2.74. The molecule has 2 aliphatic rings. The number of nitrogens with zero attached hydrogens (tertiary/aromatic N) is 2. The molecule has 0 unspecified atom stereocenters. The van der Waals surface area contributed by atoms with Crippen LogP contribution in [-0.2, 0) is 19.6 Å². The van der Waals surface area contributed by atoms with Gasteiger partial charge < -0.3 is 10.2 Å². The SMILES string of the molecule is CC(=O)Nc1ccc(S(=O)(=O)N[C@@H](C)C(=O)N2CCN(CC3CCCCC3)CC2)cc1. The fourth-order valence-corrected chi connectivity index (χ4v) is 5.63. The molecule has 1 saturated heterocycles. The van der Waals surface area contributed by atoms with E-state index in [1.54, 1.807) is 11.8 Å². The van der Waals surface area contributed by atoms with Gasteiger partial charge >= 0.3 is 0 Å². The summed E-state index contributed by atoms with van der Waals surface area (Å²) >= 11 is 0. The zero-order valence-electron chi connectivity index (χ0n) is 18.5. The third-order valence-corrected chi connectivity index (χ3v) is 7.67. The largest absolute Gasteiger partial charge is 0.339 e. The van der Waals surface area contributed by atoms with Crippen LogP contribution in [0.15, 0.2) is 29.2 Å². The minimum Gasteiger partial charge on any atom is -0.339 e. The number of piperazine rings is 1. The normalized spacial score (nSPS) is 19.7. The van der Waals surface area contributed by atoms with Gasteiger partial charge in [0.2, 0.25) is 21.8 Å². The lowest BCUT2D eigenvalue weighted by atomic mass is 9.89. The van der Waals surface area contributed by atoms with E-state index in [4.69, 9.17) is 0 Å². The number of carbonyl (C=O) groups is 2. The highest BCUT2D eigenvalue weighted by Gasteiger charge is 2.29. The quantitative estimate of drug-likeness (QED) is 0.662. The number of sulfonamides is 1. The van der Waals surface area contributed by atoms with Crippen LogP contribution in [0, 0.1) is 5.92 Å². The Morgan fingerprint density at radius 1 is 1.03 bits per heavy atom. The Labute approximate surface area is 185 Å². The molecule has 2 N–H and O–H groups in total. The van der Waals surface area contributed by atoms with E-state index in [9.17, 15) is 18.0 Å². The molecule has 3 rings (SSSR count). The predicted molar refractivity (Wildman–Crippen MR) is 120 cm³/mol. The van der Waals surface area contributed by atoms with Crippen molar-refractivity contribution in [1.29, 1.82) is 0 Å². The van der Waals surface area contributed by atoms with E-state index < -0.39 is 16.1 Å². The molecule has 172 valence electrons. The van der Waals surface area contributed by atoms with E-state index >= 15 is 0 Å². The van der Waals surface area contributed by atoms with Gasteiger partial charge in [-0.3, -0.25) is 14.5 Å². The number of anilines is 1. The molecule has 1 aliphatic heterocycles. The highest BCUT2D eigenvalue weighted by Crippen LogP contribution is 2.24. The van der Waals surface area contributed by atoms with E-state index in [1.807, 2.05) is 0 Å². The number of amides is 2. The standard InChI is InChI=1S/C22H34N4O4S/c1-17(24-31(29,30)21-10-8-20(9-11-21)23-18(2)27)22(28)26-14-12-25(13-15-26)16-19-6-4-3-5-7-19/h8-11,17,19,24H,3-7,12-16H2,1-2H3,(H,23,27)/t17-/m0/s1. The first kappa shape index (κ1) is 23.7. The molecule has 9 heteroatoms. The summed E-state index contributed by atoms with van der Waals surface area (Å²) in [6, 6.07) is 5.02. The molecule has 1 heterocycles. The number of carbonyl (C=O) groups excluding carboxylic acids is 2. The molecule has 8 nitrogen and oxygen atoms in total. The van der Waals surface area contributed by atoms with Crippen LogP contribution in [0.3, 0.4) is 0 Å². The molecule has 31 heavy (non-hydrogen) atoms. The topological polar surface area (TPSA) is 98.8 Å². The van der Waals surface area contributed by atoms with Crippen molar-refractivity contribution in [3.8, 4) is 0 Å². The van der Waals surface area contributed by atoms with Crippen molar-refractivity contribution < 1.29 is 18.0 Å². The van der Waals surface area contributed by atoms with Gasteiger partial charge in [-0.1, -0.05) is 19.3 Å². The summed E-state index contributed by atoms with van der Waals surface area (Å²) in [6.07, 6.45) is 6.63. The lowest BCUT2D eigenvalue weighted by Gasteiger charge is -2.38. The summed E-state index contributed by atoms with van der Waals surface area (Å²) in [6.45, 7) is 7.01. The summed E-state index contributed by atoms with van der Waals surface area (Å²) in [4.78, 5) is 28.2. The van der Waals surface area contributed by atoms with Crippen molar-refractivity contribution in [2.24, 2.45) is 5.92 Å². The van der Waals surface area contributed by atoms with E-state index in [-0.39, 0.29) is 16.7 Å². The van der Waals surface area contributed by atoms with E-state index in [1.165, 1.54) is 63.3 Å². The molecule has 2 amide bonds. The fourth-order valence-electron chi connectivity index (χ4n) is 4.43. The zero-order valence-corrected chi connectivity index (χ0v) is 19.3. The van der Waals surface area contributed by atoms with E-state index in [0.717, 1.165) is 25.6 Å². The lowest BCUT2D eigenvalue weighted by molar-refractivity contribution is -0.134. The van der Waals surface area contributed by atoms with Gasteiger partial charge in [0.1, 0.15) is 0 Å². The first-order valence-electron chi connectivity index (χ1n) is 11.2. The van der Waals surface area contributed by atoms with Crippen molar-refractivity contribution in [2.75, 3.05) is 38.0 Å². The average molecular weight is 451 g/mol. The second-order valence-electron chi connectivity index (χ2n) is 8.68. The van der Waals surface area contributed by atoms with Gasteiger partial charge in [0.25, 0.3) is 0 Å². The van der Waals surface area contributed by atoms with Crippen LogP contribution in [0.25, 0.3) is 0 Å². The first-order valence-corrected chi connectivity index (χ1v) is 12.6. The Bertz CT molecular complexity index is 858. The molecule has 0 aromatic heterocycles. The van der Waals surface area contributed by atoms with Crippen LogP contribution in [0.5, 0.6) is 0 Å². The number of benzene rings is 1. The fraction of sp³-hybridized carbons (Fsp3) is 0.636. The molecular formula is C22H34N4O4S. The summed E-state index contributed by atoms with van der Waals surface area (Å²) in [5, 5.41) is 2.60. The van der Waals surface area contributed by atoms with Crippen LogP contribution in [-0.4, -0.2) is 68.8 Å². The molecule has 0 spiro atoms. The lowest BCUT2D eigenvalue weighted by Crippen LogP contribution is -2.54. The molecule has 1 aliphatic carbocycles. The maximum absolute atomic E-state index is 12.8. The molecule has 0 bridgehead atoms. The maximum Gasteiger partial charge on any atom is 0.241 e. The van der Waals surface area contributed by atoms with Crippen LogP contribution < -0.4 is 10.0 Å². The van der Waals surface area contributed by atoms with Gasteiger partial charge in [0, 0.05) is 45.3 Å². The number of hydrogen-bond donors (Lipinski definition) is 2. The van der Waals surface area contributed by atoms with Gasteiger partial charge in [-0.05, 0) is 49.9 Å². The van der Waals surface area contributed by atoms with Gasteiger partial charge in [-0.25, -0.2) is 8.42 Å². The van der Waals surface area contributed by atoms with Crippen molar-refractivity contribution >= 4 is 27.5 Å². The minimum atomic E-state index is -3.84. The molecule has 1 aromatic carbocycles. The Balaban J connectivity index is 1.50. The van der Waals surface area contributed by atoms with Crippen molar-refractivity contribution in [1.82, 2.24) is 14.5 Å². The zero-order chi connectivity index (χ0) is 22.4. The number of rotatable bonds is 7. The Hall–Kier alpha value is -1.97. The molecular weight excluding hydrogens is 416 g/mol. The summed E-state index contributed by atoms with van der Waals surface area (Å²) < 4.78 is 27.8. The second-order valence-corrected chi connectivity index (χ2v) is 10.4. The Morgan fingerprint density at radius 2 is 1.65 bits per heavy atom. The maximum atomic E-state index is 12.8. The summed E-state index contributed by atoms with van der Waals surface area (Å²) in [7, 11) is -3.84. The minimum absolute atomic E-state index is 0.0542. The summed E-state index contributed by atoms with van der Waals surface area (Å²) in [5.74, 6) is 0.348. The number of nitrogens with one attached hydrogen (secondary N) is 2. The van der Waals surface area contributed by atoms with Gasteiger partial charge in [-0.2, -0.15) is 4.72 Å². The van der Waals surface area contributed by atoms with Crippen molar-refractivity contribution in [2.45, 2.75) is 56.9 Å². The van der Waals surface area contributed by atoms with Gasteiger partial charge in [0.05, 0.1) is 10.9 Å². The second kappa shape index (κ2) is 10.6. The third kappa shape index (κ3) is 6.75. The van der Waals surface area contributed by atoms with Crippen LogP contribution in [0.2, 0.25) is 0 Å². The molecule has 0 radical (unpaired) electrons. The smallest absolute Gasteiger partial charge is 0.241 e. The molecule has 1 aromatic rings. The monoisotopic (exact) mass is 450 g/mol. The Kier molecular flexibility index (Phi) is 8.07. The first-order chi connectivity index (χ1) is 14.7. The van der Waals surface area contributed by atoms with Gasteiger partial charge in [-0.15, -0.1) is 0 Å². The van der Waals surface area contributed by atoms with Gasteiger partial charge in [0.15, 0.2) is 0 Å². The summed E-state index contributed by atoms with van der Waals surface area (Å²) in [5.41, 5.74) is 0.515. The van der Waals surface area contributed by atoms with Crippen molar-refractivity contribution in [3.05, 3.63) is 24.3 Å². The van der Waals surface area contributed by atoms with Crippen LogP contribution in [0.1, 0.15) is 46.0 Å². The molecule has 1 saturated carbocycles. The van der Waals surface area contributed by atoms with E-state index in [2.05, 4.69) is 14.9 Å². The predicted octanol–water partition coefficient (Wildman–Crippen LogP) is 2.04. The van der Waals surface area contributed by atoms with E-state index in [0.29, 0.717) is 18.8 Å². The van der Waals surface area contributed by atoms with Crippen LogP contribution in [0.4, 0.5) is 5.69 Å². The highest BCUT2D eigenvalue weighted by molar-refractivity contribution is 7.89. The molecule has 2 fully saturated rings. The van der Waals surface area contributed by atoms with Crippen LogP contribution >= 0.6 is 0 Å². The number of hydrogen-bond acceptors (Lipinski definition) is 5. The van der Waals surface area contributed by atoms with Crippen molar-refractivity contribution in [3.63, 3.8) is 0 Å².